The van der Waals surface area contributed by atoms with Gasteiger partial charge in [0.2, 0.25) is 0 Å². The Labute approximate surface area is 166 Å². The number of nitrogens with one attached hydrogen (secondary N) is 1. The van der Waals surface area contributed by atoms with E-state index in [0.717, 1.165) is 53.2 Å². The summed E-state index contributed by atoms with van der Waals surface area (Å²) in [6.07, 6.45) is 2.87. The topological polar surface area (TPSA) is 80.0 Å². The van der Waals surface area contributed by atoms with Crippen LogP contribution in [0.4, 0.5) is 0 Å². The summed E-state index contributed by atoms with van der Waals surface area (Å²) in [6.45, 7) is 2.41. The summed E-state index contributed by atoms with van der Waals surface area (Å²) in [4.78, 5) is 16.9. The fraction of sp³-hybridized carbons (Fsp3) is 0.190. The van der Waals surface area contributed by atoms with Crippen LogP contribution in [0.2, 0.25) is 0 Å². The highest BCUT2D eigenvalue weighted by Gasteiger charge is 2.10. The van der Waals surface area contributed by atoms with E-state index in [-0.39, 0.29) is 0 Å². The second-order valence-electron chi connectivity index (χ2n) is 6.46. The number of aromatic nitrogens is 3. The average Bonchev–Trinajstić information content (AvgIpc) is 3.37. The van der Waals surface area contributed by atoms with Crippen LogP contribution in [-0.4, -0.2) is 32.4 Å². The molecule has 0 aliphatic heterocycles. The van der Waals surface area contributed by atoms with Crippen molar-refractivity contribution in [1.29, 1.82) is 0 Å². The zero-order valence-electron chi connectivity index (χ0n) is 15.2. The van der Waals surface area contributed by atoms with Gasteiger partial charge >= 0.3 is 5.97 Å². The second kappa shape index (κ2) is 8.33. The molecule has 2 N–H and O–H groups in total. The average molecular weight is 392 g/mol. The van der Waals surface area contributed by atoms with E-state index in [1.54, 1.807) is 12.1 Å². The maximum absolute atomic E-state index is 11.0. The van der Waals surface area contributed by atoms with Gasteiger partial charge in [0, 0.05) is 24.7 Å². The number of aromatic carboxylic acids is 1. The van der Waals surface area contributed by atoms with Crippen LogP contribution >= 0.6 is 11.3 Å². The fourth-order valence-electron chi connectivity index (χ4n) is 3.00. The molecule has 4 aromatic rings. The Bertz CT molecular complexity index is 1100. The predicted molar refractivity (Wildman–Crippen MR) is 111 cm³/mol. The lowest BCUT2D eigenvalue weighted by molar-refractivity contribution is 0.0702. The Kier molecular flexibility index (Phi) is 5.45. The van der Waals surface area contributed by atoms with Gasteiger partial charge in [-0.25, -0.2) is 4.79 Å². The van der Waals surface area contributed by atoms with E-state index in [4.69, 9.17) is 5.11 Å². The molecule has 4 rings (SSSR count). The molecule has 0 atom stereocenters. The van der Waals surface area contributed by atoms with Gasteiger partial charge in [0.1, 0.15) is 10.6 Å². The van der Waals surface area contributed by atoms with Crippen molar-refractivity contribution < 1.29 is 9.90 Å². The molecular weight excluding hydrogens is 372 g/mol. The largest absolute Gasteiger partial charge is 0.477 e. The number of hydrogen-bond acceptors (Lipinski definition) is 5. The maximum Gasteiger partial charge on any atom is 0.345 e. The lowest BCUT2D eigenvalue weighted by atomic mass is 10.2. The number of benzene rings is 1. The van der Waals surface area contributed by atoms with Gasteiger partial charge in [0.05, 0.1) is 16.1 Å². The Hall–Kier alpha value is -3.03. The standard InChI is InChI=1S/C21H20N4O2S/c26-21(27)20-9-8-19(28-20)18-10-13-25(24-18)12-3-11-22-14-16-7-6-15-4-1-2-5-17(15)23-16/h1-2,4-10,13,22H,3,11-12,14H2,(H,26,27). The van der Waals surface area contributed by atoms with Gasteiger partial charge in [-0.2, -0.15) is 5.10 Å². The Morgan fingerprint density at radius 1 is 1.11 bits per heavy atom. The van der Waals surface area contributed by atoms with Crippen molar-refractivity contribution in [2.24, 2.45) is 0 Å². The highest BCUT2D eigenvalue weighted by atomic mass is 32.1. The maximum atomic E-state index is 11.0. The van der Waals surface area contributed by atoms with Crippen LogP contribution in [0.5, 0.6) is 0 Å². The molecule has 7 heteroatoms. The van der Waals surface area contributed by atoms with Gasteiger partial charge in [-0.05, 0) is 43.3 Å². The summed E-state index contributed by atoms with van der Waals surface area (Å²) >= 11 is 1.24. The highest BCUT2D eigenvalue weighted by molar-refractivity contribution is 7.17. The Morgan fingerprint density at radius 3 is 2.86 bits per heavy atom. The summed E-state index contributed by atoms with van der Waals surface area (Å²) in [5.41, 5.74) is 2.86. The molecule has 0 amide bonds. The van der Waals surface area contributed by atoms with E-state index in [0.29, 0.717) is 4.88 Å². The molecule has 0 spiro atoms. The van der Waals surface area contributed by atoms with E-state index in [9.17, 15) is 4.79 Å². The smallest absolute Gasteiger partial charge is 0.345 e. The lowest BCUT2D eigenvalue weighted by Gasteiger charge is -2.06. The van der Waals surface area contributed by atoms with E-state index >= 15 is 0 Å². The van der Waals surface area contributed by atoms with Gasteiger partial charge in [-0.3, -0.25) is 9.67 Å². The lowest BCUT2D eigenvalue weighted by Crippen LogP contribution is -2.17. The third-order valence-corrected chi connectivity index (χ3v) is 5.51. The van der Waals surface area contributed by atoms with Crippen LogP contribution < -0.4 is 5.32 Å². The van der Waals surface area contributed by atoms with Crippen molar-refractivity contribution in [3.8, 4) is 10.6 Å². The van der Waals surface area contributed by atoms with Gasteiger partial charge < -0.3 is 10.4 Å². The zero-order valence-corrected chi connectivity index (χ0v) is 16.0. The number of nitrogens with zero attached hydrogens (tertiary/aromatic N) is 3. The van der Waals surface area contributed by atoms with Crippen LogP contribution in [0.1, 0.15) is 21.8 Å². The zero-order chi connectivity index (χ0) is 19.3. The second-order valence-corrected chi connectivity index (χ2v) is 7.54. The molecule has 3 aromatic heterocycles. The third kappa shape index (κ3) is 4.27. The molecule has 142 valence electrons. The predicted octanol–water partition coefficient (Wildman–Crippen LogP) is 4.04. The molecule has 0 bridgehead atoms. The first kappa shape index (κ1) is 18.3. The van der Waals surface area contributed by atoms with Gasteiger partial charge in [0.15, 0.2) is 0 Å². The summed E-state index contributed by atoms with van der Waals surface area (Å²) < 4.78 is 1.89. The minimum absolute atomic E-state index is 0.330. The quantitative estimate of drug-likeness (QED) is 0.443. The van der Waals surface area contributed by atoms with Crippen LogP contribution in [0.15, 0.2) is 60.8 Å². The number of hydrogen-bond donors (Lipinski definition) is 2. The highest BCUT2D eigenvalue weighted by Crippen LogP contribution is 2.26. The molecule has 0 aliphatic carbocycles. The SMILES string of the molecule is O=C(O)c1ccc(-c2ccn(CCCNCc3ccc4ccccc4n3)n2)s1. The molecule has 1 aromatic carbocycles. The number of carbonyl (C=O) groups is 1. The summed E-state index contributed by atoms with van der Waals surface area (Å²) in [7, 11) is 0. The molecule has 28 heavy (non-hydrogen) atoms. The van der Waals surface area contributed by atoms with E-state index in [1.165, 1.54) is 11.3 Å². The summed E-state index contributed by atoms with van der Waals surface area (Å²) in [5.74, 6) is -0.900. The van der Waals surface area contributed by atoms with Gasteiger partial charge in [-0.15, -0.1) is 11.3 Å². The number of para-hydroxylation sites is 1. The molecule has 6 nitrogen and oxygen atoms in total. The molecule has 0 saturated carbocycles. The van der Waals surface area contributed by atoms with Crippen molar-refractivity contribution in [1.82, 2.24) is 20.1 Å². The van der Waals surface area contributed by atoms with Crippen molar-refractivity contribution in [2.45, 2.75) is 19.5 Å². The van der Waals surface area contributed by atoms with Crippen LogP contribution in [-0.2, 0) is 13.1 Å². The van der Waals surface area contributed by atoms with Gasteiger partial charge in [-0.1, -0.05) is 24.3 Å². The number of fused-ring (bicyclic) bond motifs is 1. The minimum atomic E-state index is -0.900. The summed E-state index contributed by atoms with van der Waals surface area (Å²) in [5, 5.41) is 18.1. The molecule has 0 fully saturated rings. The minimum Gasteiger partial charge on any atom is -0.477 e. The monoisotopic (exact) mass is 392 g/mol. The van der Waals surface area contributed by atoms with E-state index in [1.807, 2.05) is 35.1 Å². The van der Waals surface area contributed by atoms with Crippen LogP contribution in [0, 0.1) is 0 Å². The number of aryl methyl sites for hydroxylation is 1. The number of carboxylic acid groups (broad SMARTS) is 1. The van der Waals surface area contributed by atoms with Gasteiger partial charge in [0.25, 0.3) is 0 Å². The molecule has 0 radical (unpaired) electrons. The van der Waals surface area contributed by atoms with Crippen LogP contribution in [0.3, 0.4) is 0 Å². The molecule has 3 heterocycles. The molecular formula is C21H20N4O2S. The molecule has 0 unspecified atom stereocenters. The van der Waals surface area contributed by atoms with Crippen molar-refractivity contribution >= 4 is 28.2 Å². The number of pyridine rings is 1. The summed E-state index contributed by atoms with van der Waals surface area (Å²) in [6, 6.07) is 17.6. The first-order valence-electron chi connectivity index (χ1n) is 9.11. The first-order valence-corrected chi connectivity index (χ1v) is 9.93. The first-order chi connectivity index (χ1) is 13.7. The number of carboxylic acids is 1. The van der Waals surface area contributed by atoms with Crippen molar-refractivity contribution in [2.75, 3.05) is 6.54 Å². The van der Waals surface area contributed by atoms with Crippen molar-refractivity contribution in [3.63, 3.8) is 0 Å². The third-order valence-electron chi connectivity index (χ3n) is 4.41. The molecule has 0 aliphatic rings. The fourth-order valence-corrected chi connectivity index (χ4v) is 3.81. The normalized spacial score (nSPS) is 11.1. The van der Waals surface area contributed by atoms with E-state index < -0.39 is 5.97 Å². The Balaban J connectivity index is 1.25. The molecule has 0 saturated heterocycles. The van der Waals surface area contributed by atoms with Crippen LogP contribution in [0.25, 0.3) is 21.5 Å². The van der Waals surface area contributed by atoms with Crippen molar-refractivity contribution in [3.05, 3.63) is 71.4 Å². The van der Waals surface area contributed by atoms with E-state index in [2.05, 4.69) is 33.6 Å². The number of thiophene rings is 1. The Morgan fingerprint density at radius 2 is 2.00 bits per heavy atom. The number of rotatable bonds is 8.